The molecular formula is C23H19ClF4N10O. The minimum atomic E-state index is -4.48. The van der Waals surface area contributed by atoms with Crippen LogP contribution in [0.2, 0.25) is 5.02 Å². The van der Waals surface area contributed by atoms with E-state index in [4.69, 9.17) is 17.0 Å². The molecule has 0 radical (unpaired) electrons. The van der Waals surface area contributed by atoms with Gasteiger partial charge in [0.15, 0.2) is 11.5 Å². The fraction of sp³-hybridized carbons (Fsp3) is 0.261. The molecule has 0 spiro atoms. The number of aromatic nitrogens is 6. The van der Waals surface area contributed by atoms with Crippen molar-refractivity contribution < 1.29 is 22.4 Å². The molecule has 11 nitrogen and oxygen atoms in total. The molecule has 0 aromatic carbocycles. The van der Waals surface area contributed by atoms with Crippen molar-refractivity contribution in [2.45, 2.75) is 37.4 Å². The first-order valence-electron chi connectivity index (χ1n) is 11.4. The van der Waals surface area contributed by atoms with Crippen molar-refractivity contribution >= 4 is 47.1 Å². The van der Waals surface area contributed by atoms with Gasteiger partial charge in [-0.2, -0.15) is 27.8 Å². The van der Waals surface area contributed by atoms with E-state index >= 15 is 0 Å². The molecule has 4 aromatic rings. The number of hydrogen-bond donors (Lipinski definition) is 3. The summed E-state index contributed by atoms with van der Waals surface area (Å²) in [5, 5.41) is 21.3. The maximum Gasteiger partial charge on any atom is 0.408 e. The van der Waals surface area contributed by atoms with Gasteiger partial charge < -0.3 is 10.7 Å². The molecule has 0 bridgehead atoms. The molecule has 3 N–H and O–H groups in total. The Hall–Kier alpha value is -4.40. The van der Waals surface area contributed by atoms with Crippen LogP contribution in [-0.2, 0) is 16.8 Å². The highest BCUT2D eigenvalue weighted by atomic mass is 35.5. The Bertz CT molecular complexity index is 1610. The van der Waals surface area contributed by atoms with Crippen molar-refractivity contribution in [3.63, 3.8) is 0 Å². The third-order valence-corrected chi connectivity index (χ3v) is 6.64. The SMILES string of the molecule is C[C@]1(c2cnn(CC(F)(F)F)c2)CC(C(=O)Nc2cnc(N/N=C\C=N)c(Cl)c2)c2cnc3cc(F)nn3c21. The topological polar surface area (TPSA) is 138 Å². The molecule has 1 amide bonds. The highest BCUT2D eigenvalue weighted by Gasteiger charge is 2.48. The zero-order valence-corrected chi connectivity index (χ0v) is 20.8. The number of pyridine rings is 1. The van der Waals surface area contributed by atoms with Gasteiger partial charge in [-0.05, 0) is 19.4 Å². The van der Waals surface area contributed by atoms with Gasteiger partial charge in [-0.15, -0.1) is 5.10 Å². The van der Waals surface area contributed by atoms with Gasteiger partial charge in [0.05, 0.1) is 40.9 Å². The standard InChI is InChI=1S/C23H19ClF4N10O/c1-22(12-7-33-37(10-12)11-23(26,27)28)6-14(15-9-30-18-5-17(25)36-38(18)19(15)22)21(39)34-13-4-16(24)20(31-8-13)35-32-3-2-29/h2-5,7-10,14,29H,6,11H2,1H3,(H,31,35)(H,34,39)/b29-2?,32-3-/t14?,22-/m1/s1. The van der Waals surface area contributed by atoms with E-state index in [9.17, 15) is 22.4 Å². The maximum absolute atomic E-state index is 14.1. The van der Waals surface area contributed by atoms with Gasteiger partial charge in [0, 0.05) is 41.2 Å². The lowest BCUT2D eigenvalue weighted by Gasteiger charge is -2.24. The summed E-state index contributed by atoms with van der Waals surface area (Å²) in [5.74, 6) is -1.88. The van der Waals surface area contributed by atoms with Crippen LogP contribution < -0.4 is 10.7 Å². The normalized spacial score (nSPS) is 19.0. The Morgan fingerprint density at radius 1 is 1.31 bits per heavy atom. The Morgan fingerprint density at radius 3 is 2.82 bits per heavy atom. The molecule has 0 fully saturated rings. The number of carbonyl (C=O) groups excluding carboxylic acids is 1. The van der Waals surface area contributed by atoms with Gasteiger partial charge in [-0.3, -0.25) is 14.9 Å². The smallest absolute Gasteiger partial charge is 0.324 e. The lowest BCUT2D eigenvalue weighted by Crippen LogP contribution is -2.25. The Morgan fingerprint density at radius 2 is 2.10 bits per heavy atom. The molecule has 2 atom stereocenters. The monoisotopic (exact) mass is 562 g/mol. The van der Waals surface area contributed by atoms with Crippen LogP contribution in [0.1, 0.15) is 36.1 Å². The lowest BCUT2D eigenvalue weighted by molar-refractivity contribution is -0.142. The maximum atomic E-state index is 14.1. The van der Waals surface area contributed by atoms with Crippen LogP contribution in [0.4, 0.5) is 29.1 Å². The molecule has 0 aliphatic heterocycles. The molecule has 39 heavy (non-hydrogen) atoms. The van der Waals surface area contributed by atoms with E-state index in [-0.39, 0.29) is 28.6 Å². The summed E-state index contributed by atoms with van der Waals surface area (Å²) >= 11 is 6.22. The Balaban J connectivity index is 1.50. The van der Waals surface area contributed by atoms with Crippen LogP contribution in [-0.4, -0.2) is 53.9 Å². The van der Waals surface area contributed by atoms with Gasteiger partial charge in [0.25, 0.3) is 0 Å². The summed E-state index contributed by atoms with van der Waals surface area (Å²) in [5.41, 5.74) is 3.22. The molecule has 4 heterocycles. The van der Waals surface area contributed by atoms with E-state index in [1.54, 1.807) is 6.92 Å². The quantitative estimate of drug-likeness (QED) is 0.176. The summed E-state index contributed by atoms with van der Waals surface area (Å²) in [4.78, 5) is 21.8. The fourth-order valence-electron chi connectivity index (χ4n) is 4.70. The van der Waals surface area contributed by atoms with Crippen LogP contribution in [0.3, 0.4) is 0 Å². The van der Waals surface area contributed by atoms with E-state index in [1.165, 1.54) is 41.6 Å². The van der Waals surface area contributed by atoms with E-state index < -0.39 is 35.9 Å². The van der Waals surface area contributed by atoms with Gasteiger partial charge in [0.1, 0.15) is 6.54 Å². The van der Waals surface area contributed by atoms with Crippen LogP contribution in [0, 0.1) is 11.4 Å². The fourth-order valence-corrected chi connectivity index (χ4v) is 4.91. The third-order valence-electron chi connectivity index (χ3n) is 6.35. The van der Waals surface area contributed by atoms with Gasteiger partial charge in [0.2, 0.25) is 11.9 Å². The number of anilines is 2. The number of amides is 1. The van der Waals surface area contributed by atoms with Crippen LogP contribution in [0.25, 0.3) is 5.65 Å². The van der Waals surface area contributed by atoms with E-state index in [1.807, 2.05) is 0 Å². The van der Waals surface area contributed by atoms with Crippen molar-refractivity contribution in [2.75, 3.05) is 10.7 Å². The molecule has 0 saturated carbocycles. The minimum absolute atomic E-state index is 0.118. The van der Waals surface area contributed by atoms with Crippen molar-refractivity contribution in [1.82, 2.24) is 29.4 Å². The van der Waals surface area contributed by atoms with Gasteiger partial charge >= 0.3 is 6.18 Å². The number of nitrogens with zero attached hydrogens (tertiary/aromatic N) is 7. The summed E-state index contributed by atoms with van der Waals surface area (Å²) < 4.78 is 55.1. The zero-order valence-electron chi connectivity index (χ0n) is 20.0. The van der Waals surface area contributed by atoms with Crippen LogP contribution >= 0.6 is 11.6 Å². The minimum Gasteiger partial charge on any atom is -0.324 e. The molecule has 1 aliphatic rings. The first-order valence-corrected chi connectivity index (χ1v) is 11.7. The van der Waals surface area contributed by atoms with Gasteiger partial charge in [-0.1, -0.05) is 11.6 Å². The molecule has 4 aromatic heterocycles. The number of halogens is 5. The lowest BCUT2D eigenvalue weighted by atomic mass is 9.80. The van der Waals surface area contributed by atoms with Crippen molar-refractivity contribution in [2.24, 2.45) is 5.10 Å². The molecular weight excluding hydrogens is 544 g/mol. The second kappa shape index (κ2) is 9.72. The van der Waals surface area contributed by atoms with Gasteiger partial charge in [-0.25, -0.2) is 14.5 Å². The predicted molar refractivity (Wildman–Crippen MR) is 134 cm³/mol. The molecule has 0 saturated heterocycles. The first kappa shape index (κ1) is 26.2. The highest BCUT2D eigenvalue weighted by Crippen LogP contribution is 2.50. The summed E-state index contributed by atoms with van der Waals surface area (Å²) in [6.45, 7) is 0.452. The molecule has 1 unspecified atom stereocenters. The predicted octanol–water partition coefficient (Wildman–Crippen LogP) is 4.15. The summed E-state index contributed by atoms with van der Waals surface area (Å²) in [7, 11) is 0. The number of nitrogens with one attached hydrogen (secondary N) is 3. The zero-order chi connectivity index (χ0) is 27.9. The van der Waals surface area contributed by atoms with Crippen LogP contribution in [0.5, 0.6) is 0 Å². The van der Waals surface area contributed by atoms with Crippen molar-refractivity contribution in [3.8, 4) is 0 Å². The number of alkyl halides is 3. The Labute approximate surface area is 222 Å². The molecule has 1 aliphatic carbocycles. The first-order chi connectivity index (χ1) is 18.5. The number of hydrazone groups is 1. The van der Waals surface area contributed by atoms with E-state index in [2.05, 4.69) is 36.0 Å². The highest BCUT2D eigenvalue weighted by molar-refractivity contribution is 6.33. The van der Waals surface area contributed by atoms with Crippen molar-refractivity contribution in [1.29, 1.82) is 5.41 Å². The Kier molecular flexibility index (Phi) is 6.54. The second-order valence-electron chi connectivity index (χ2n) is 9.03. The third kappa shape index (κ3) is 5.04. The summed E-state index contributed by atoms with van der Waals surface area (Å²) in [6, 6.07) is 2.58. The molecule has 16 heteroatoms. The van der Waals surface area contributed by atoms with Crippen LogP contribution in [0.15, 0.2) is 42.0 Å². The number of carbonyl (C=O) groups is 1. The average molecular weight is 563 g/mol. The largest absolute Gasteiger partial charge is 0.408 e. The second-order valence-corrected chi connectivity index (χ2v) is 9.44. The summed E-state index contributed by atoms with van der Waals surface area (Å²) in [6.07, 6.45) is 3.16. The van der Waals surface area contributed by atoms with E-state index in [0.717, 1.165) is 17.0 Å². The van der Waals surface area contributed by atoms with Crippen molar-refractivity contribution in [3.05, 3.63) is 64.7 Å². The number of rotatable bonds is 7. The number of hydrogen-bond acceptors (Lipinski definition) is 8. The van der Waals surface area contributed by atoms with E-state index in [0.29, 0.717) is 16.8 Å². The molecule has 5 rings (SSSR count). The average Bonchev–Trinajstić information content (AvgIpc) is 3.55. The number of fused-ring (bicyclic) bond motifs is 3. The molecule has 202 valence electrons.